The van der Waals surface area contributed by atoms with Gasteiger partial charge in [-0.2, -0.15) is 0 Å². The molecule has 0 heterocycles. The maximum atomic E-state index is 11.1. The predicted molar refractivity (Wildman–Crippen MR) is 46.5 cm³/mol. The predicted octanol–water partition coefficient (Wildman–Crippen LogP) is 1.89. The number of ether oxygens (including phenoxy) is 1. The Morgan fingerprint density at radius 1 is 1.33 bits per heavy atom. The van der Waals surface area contributed by atoms with Crippen molar-refractivity contribution in [3.05, 3.63) is 23.8 Å². The molecule has 0 aliphatic rings. The zero-order valence-corrected chi connectivity index (χ0v) is 7.63. The molecular formula is C10H13O2-. The molecule has 0 aliphatic carbocycles. The third-order valence-corrected chi connectivity index (χ3v) is 1.85. The number of rotatable bonds is 2. The van der Waals surface area contributed by atoms with Crippen molar-refractivity contribution in [2.75, 3.05) is 7.11 Å². The second-order valence-electron chi connectivity index (χ2n) is 3.06. The quantitative estimate of drug-likeness (QED) is 0.670. The summed E-state index contributed by atoms with van der Waals surface area (Å²) in [7, 11) is 1.51. The van der Waals surface area contributed by atoms with Gasteiger partial charge in [0.15, 0.2) is 0 Å². The molecule has 0 fully saturated rings. The van der Waals surface area contributed by atoms with Crippen LogP contribution in [0.2, 0.25) is 0 Å². The van der Waals surface area contributed by atoms with Crippen molar-refractivity contribution in [2.45, 2.75) is 19.8 Å². The summed E-state index contributed by atoms with van der Waals surface area (Å²) in [6, 6.07) is 5.19. The Balaban J connectivity index is 3.05. The third-order valence-electron chi connectivity index (χ3n) is 1.85. The fourth-order valence-electron chi connectivity index (χ4n) is 1.04. The number of hydrogen-bond donors (Lipinski definition) is 0. The Morgan fingerprint density at radius 2 is 2.00 bits per heavy atom. The molecule has 0 spiro atoms. The van der Waals surface area contributed by atoms with Crippen molar-refractivity contribution in [3.8, 4) is 11.5 Å². The first-order chi connectivity index (χ1) is 5.65. The lowest BCUT2D eigenvalue weighted by Gasteiger charge is -2.14. The second kappa shape index (κ2) is 3.48. The van der Waals surface area contributed by atoms with Gasteiger partial charge in [0.25, 0.3) is 0 Å². The topological polar surface area (TPSA) is 32.3 Å². The van der Waals surface area contributed by atoms with E-state index in [9.17, 15) is 5.11 Å². The van der Waals surface area contributed by atoms with Gasteiger partial charge in [-0.25, -0.2) is 0 Å². The highest BCUT2D eigenvalue weighted by Crippen LogP contribution is 2.27. The zero-order valence-electron chi connectivity index (χ0n) is 7.63. The minimum atomic E-state index is -0.0538. The average molecular weight is 165 g/mol. The molecule has 1 aromatic carbocycles. The van der Waals surface area contributed by atoms with Gasteiger partial charge in [-0.15, -0.1) is 0 Å². The van der Waals surface area contributed by atoms with Crippen LogP contribution in [0.1, 0.15) is 25.3 Å². The van der Waals surface area contributed by atoms with E-state index in [1.165, 1.54) is 7.11 Å². The van der Waals surface area contributed by atoms with Gasteiger partial charge < -0.3 is 9.84 Å². The van der Waals surface area contributed by atoms with Crippen molar-refractivity contribution in [2.24, 2.45) is 0 Å². The molecule has 2 heteroatoms. The van der Waals surface area contributed by atoms with Crippen LogP contribution >= 0.6 is 0 Å². The minimum absolute atomic E-state index is 0.0538. The summed E-state index contributed by atoms with van der Waals surface area (Å²) in [6.45, 7) is 4.17. The Labute approximate surface area is 72.8 Å². The summed E-state index contributed by atoms with van der Waals surface area (Å²) in [4.78, 5) is 0. The van der Waals surface area contributed by atoms with Gasteiger partial charge in [0.2, 0.25) is 0 Å². The van der Waals surface area contributed by atoms with E-state index in [0.717, 1.165) is 5.56 Å². The van der Waals surface area contributed by atoms with Gasteiger partial charge in [0.05, 0.1) is 7.11 Å². The first kappa shape index (κ1) is 8.91. The van der Waals surface area contributed by atoms with Gasteiger partial charge in [-0.1, -0.05) is 31.7 Å². The van der Waals surface area contributed by atoms with Gasteiger partial charge in [0, 0.05) is 0 Å². The van der Waals surface area contributed by atoms with Crippen molar-refractivity contribution in [3.63, 3.8) is 0 Å². The normalized spacial score (nSPS) is 10.3. The van der Waals surface area contributed by atoms with Crippen molar-refractivity contribution >= 4 is 0 Å². The highest BCUT2D eigenvalue weighted by atomic mass is 16.5. The van der Waals surface area contributed by atoms with E-state index in [4.69, 9.17) is 4.74 Å². The Hall–Kier alpha value is -1.18. The molecule has 0 aromatic heterocycles. The highest BCUT2D eigenvalue weighted by molar-refractivity contribution is 5.41. The first-order valence-corrected chi connectivity index (χ1v) is 4.00. The van der Waals surface area contributed by atoms with Crippen LogP contribution in [0.3, 0.4) is 0 Å². The Morgan fingerprint density at radius 3 is 2.50 bits per heavy atom. The van der Waals surface area contributed by atoms with E-state index in [2.05, 4.69) is 13.8 Å². The van der Waals surface area contributed by atoms with Crippen LogP contribution in [0.5, 0.6) is 11.5 Å². The molecule has 0 N–H and O–H groups in total. The molecule has 0 unspecified atom stereocenters. The molecule has 66 valence electrons. The molecule has 0 saturated heterocycles. The van der Waals surface area contributed by atoms with E-state index in [1.54, 1.807) is 12.1 Å². The van der Waals surface area contributed by atoms with Crippen LogP contribution in [0, 0.1) is 0 Å². The second-order valence-corrected chi connectivity index (χ2v) is 3.06. The van der Waals surface area contributed by atoms with Crippen LogP contribution in [0.15, 0.2) is 18.2 Å². The molecule has 1 aromatic rings. The summed E-state index contributed by atoms with van der Waals surface area (Å²) in [5, 5.41) is 11.1. The van der Waals surface area contributed by atoms with Gasteiger partial charge in [0.1, 0.15) is 5.75 Å². The highest BCUT2D eigenvalue weighted by Gasteiger charge is 2.00. The van der Waals surface area contributed by atoms with E-state index in [1.807, 2.05) is 6.07 Å². The van der Waals surface area contributed by atoms with E-state index >= 15 is 0 Å². The molecule has 12 heavy (non-hydrogen) atoms. The SMILES string of the molecule is COc1cc(C(C)C)ccc1[O-]. The summed E-state index contributed by atoms with van der Waals surface area (Å²) < 4.78 is 4.92. The molecule has 1 rings (SSSR count). The van der Waals surface area contributed by atoms with Crippen LogP contribution in [-0.2, 0) is 0 Å². The maximum Gasteiger partial charge on any atom is 0.111 e. The monoisotopic (exact) mass is 165 g/mol. The van der Waals surface area contributed by atoms with Crippen molar-refractivity contribution in [1.82, 2.24) is 0 Å². The van der Waals surface area contributed by atoms with Crippen LogP contribution in [-0.4, -0.2) is 7.11 Å². The van der Waals surface area contributed by atoms with Crippen molar-refractivity contribution in [1.29, 1.82) is 0 Å². The zero-order chi connectivity index (χ0) is 9.14. The molecule has 0 radical (unpaired) electrons. The lowest BCUT2D eigenvalue weighted by Crippen LogP contribution is -1.96. The minimum Gasteiger partial charge on any atom is -0.870 e. The van der Waals surface area contributed by atoms with Crippen LogP contribution in [0.25, 0.3) is 0 Å². The van der Waals surface area contributed by atoms with Crippen LogP contribution < -0.4 is 9.84 Å². The largest absolute Gasteiger partial charge is 0.870 e. The van der Waals surface area contributed by atoms with Crippen molar-refractivity contribution < 1.29 is 9.84 Å². The third kappa shape index (κ3) is 1.70. The summed E-state index contributed by atoms with van der Waals surface area (Å²) >= 11 is 0. The average Bonchev–Trinajstić information content (AvgIpc) is 2.05. The molecule has 0 saturated carbocycles. The fourth-order valence-corrected chi connectivity index (χ4v) is 1.04. The molecular weight excluding hydrogens is 152 g/mol. The number of benzene rings is 1. The summed E-state index contributed by atoms with van der Waals surface area (Å²) in [5.74, 6) is 0.808. The smallest absolute Gasteiger partial charge is 0.111 e. The number of methoxy groups -OCH3 is 1. The molecule has 0 atom stereocenters. The molecule has 0 bridgehead atoms. The standard InChI is InChI=1S/C10H14O2/c1-7(2)8-4-5-9(11)10(6-8)12-3/h4-7,11H,1-3H3/p-1. The maximum absolute atomic E-state index is 11.1. The van der Waals surface area contributed by atoms with E-state index in [0.29, 0.717) is 11.7 Å². The van der Waals surface area contributed by atoms with E-state index < -0.39 is 0 Å². The fraction of sp³-hybridized carbons (Fsp3) is 0.400. The summed E-state index contributed by atoms with van der Waals surface area (Å²) in [6.07, 6.45) is 0. The van der Waals surface area contributed by atoms with Gasteiger partial charge >= 0.3 is 0 Å². The lowest BCUT2D eigenvalue weighted by molar-refractivity contribution is -0.270. The molecule has 0 aliphatic heterocycles. The van der Waals surface area contributed by atoms with Gasteiger partial charge in [-0.3, -0.25) is 0 Å². The van der Waals surface area contributed by atoms with Crippen LogP contribution in [0.4, 0.5) is 0 Å². The Kier molecular flexibility index (Phi) is 2.58. The Bertz CT molecular complexity index is 267. The first-order valence-electron chi connectivity index (χ1n) is 4.00. The molecule has 0 amide bonds. The summed E-state index contributed by atoms with van der Waals surface area (Å²) in [5.41, 5.74) is 1.13. The van der Waals surface area contributed by atoms with E-state index in [-0.39, 0.29) is 5.75 Å². The van der Waals surface area contributed by atoms with Gasteiger partial charge in [-0.05, 0) is 17.5 Å². The lowest BCUT2D eigenvalue weighted by atomic mass is 10.0. The molecule has 2 nitrogen and oxygen atoms in total. The number of hydrogen-bond acceptors (Lipinski definition) is 2.